The maximum atomic E-state index is 11.9. The summed E-state index contributed by atoms with van der Waals surface area (Å²) >= 11 is 8.12. The number of thiophene rings is 2. The van der Waals surface area contributed by atoms with E-state index >= 15 is 0 Å². The highest BCUT2D eigenvalue weighted by atomic mass is 35.5. The smallest absolute Gasteiger partial charge is 0.331 e. The molecule has 1 amide bonds. The summed E-state index contributed by atoms with van der Waals surface area (Å²) in [5, 5.41) is 13.4. The first-order valence-electron chi connectivity index (χ1n) is 4.90. The predicted octanol–water partition coefficient (Wildman–Crippen LogP) is 3.02. The summed E-state index contributed by atoms with van der Waals surface area (Å²) in [4.78, 5) is 24.0. The van der Waals surface area contributed by atoms with Crippen LogP contribution in [0.25, 0.3) is 0 Å². The van der Waals surface area contributed by atoms with E-state index in [1.54, 1.807) is 29.6 Å². The Morgan fingerprint density at radius 1 is 1.33 bits per heavy atom. The number of carbonyl (C=O) groups excluding carboxylic acids is 1. The van der Waals surface area contributed by atoms with Crippen molar-refractivity contribution in [1.29, 1.82) is 0 Å². The van der Waals surface area contributed by atoms with E-state index in [-0.39, 0.29) is 0 Å². The first kappa shape index (κ1) is 13.1. The van der Waals surface area contributed by atoms with E-state index in [4.69, 9.17) is 16.7 Å². The molecular weight excluding hydrogens is 294 g/mol. The van der Waals surface area contributed by atoms with Crippen LogP contribution in [0.2, 0.25) is 4.34 Å². The van der Waals surface area contributed by atoms with Crippen molar-refractivity contribution in [2.24, 2.45) is 0 Å². The number of carboxylic acids is 1. The van der Waals surface area contributed by atoms with Crippen LogP contribution in [0.15, 0.2) is 29.6 Å². The zero-order chi connectivity index (χ0) is 13.1. The van der Waals surface area contributed by atoms with Crippen LogP contribution in [0.4, 0.5) is 0 Å². The Balaban J connectivity index is 2.15. The molecule has 0 aromatic carbocycles. The SMILES string of the molecule is O=C(NC(C(=O)O)c1cccs1)c1ccc(Cl)s1. The first-order valence-corrected chi connectivity index (χ1v) is 6.98. The molecule has 18 heavy (non-hydrogen) atoms. The third-order valence-electron chi connectivity index (χ3n) is 2.15. The highest BCUT2D eigenvalue weighted by Gasteiger charge is 2.24. The number of hydrogen-bond donors (Lipinski definition) is 2. The molecular formula is C11H8ClNO3S2. The Labute approximate surface area is 116 Å². The molecule has 0 aliphatic carbocycles. The molecule has 0 spiro atoms. The summed E-state index contributed by atoms with van der Waals surface area (Å²) in [7, 11) is 0. The molecule has 0 bridgehead atoms. The summed E-state index contributed by atoms with van der Waals surface area (Å²) in [6, 6.07) is 5.55. The van der Waals surface area contributed by atoms with Gasteiger partial charge < -0.3 is 10.4 Å². The van der Waals surface area contributed by atoms with Gasteiger partial charge in [0.2, 0.25) is 0 Å². The third kappa shape index (κ3) is 2.90. The van der Waals surface area contributed by atoms with Crippen molar-refractivity contribution in [2.45, 2.75) is 6.04 Å². The van der Waals surface area contributed by atoms with E-state index in [0.29, 0.717) is 14.1 Å². The summed E-state index contributed by atoms with van der Waals surface area (Å²) in [6.45, 7) is 0. The maximum absolute atomic E-state index is 11.9. The molecule has 2 aromatic rings. The number of hydrogen-bond acceptors (Lipinski definition) is 4. The van der Waals surface area contributed by atoms with Crippen LogP contribution in [0.5, 0.6) is 0 Å². The number of rotatable bonds is 4. The number of amides is 1. The Morgan fingerprint density at radius 3 is 2.61 bits per heavy atom. The lowest BCUT2D eigenvalue weighted by Gasteiger charge is -2.11. The molecule has 4 nitrogen and oxygen atoms in total. The second kappa shape index (κ2) is 5.51. The van der Waals surface area contributed by atoms with Gasteiger partial charge in [0.25, 0.3) is 5.91 Å². The molecule has 0 aliphatic rings. The Bertz CT molecular complexity index is 565. The van der Waals surface area contributed by atoms with E-state index < -0.39 is 17.9 Å². The maximum Gasteiger partial charge on any atom is 0.331 e. The minimum atomic E-state index is -1.09. The second-order valence-electron chi connectivity index (χ2n) is 3.36. The minimum absolute atomic E-state index is 0.391. The Morgan fingerprint density at radius 2 is 2.11 bits per heavy atom. The van der Waals surface area contributed by atoms with Gasteiger partial charge in [-0.05, 0) is 23.6 Å². The van der Waals surface area contributed by atoms with Crippen LogP contribution in [0, 0.1) is 0 Å². The van der Waals surface area contributed by atoms with Gasteiger partial charge in [-0.1, -0.05) is 17.7 Å². The lowest BCUT2D eigenvalue weighted by Crippen LogP contribution is -2.32. The fourth-order valence-corrected chi connectivity index (χ4v) is 3.06. The molecule has 1 unspecified atom stereocenters. The second-order valence-corrected chi connectivity index (χ2v) is 6.06. The normalized spacial score (nSPS) is 12.1. The van der Waals surface area contributed by atoms with Crippen molar-refractivity contribution < 1.29 is 14.7 Å². The quantitative estimate of drug-likeness (QED) is 0.912. The van der Waals surface area contributed by atoms with Crippen molar-refractivity contribution in [3.05, 3.63) is 43.7 Å². The summed E-state index contributed by atoms with van der Waals surface area (Å²) < 4.78 is 0.489. The topological polar surface area (TPSA) is 66.4 Å². The van der Waals surface area contributed by atoms with Gasteiger partial charge in [-0.2, -0.15) is 0 Å². The molecule has 2 aromatic heterocycles. The average Bonchev–Trinajstić information content (AvgIpc) is 2.95. The van der Waals surface area contributed by atoms with Crippen molar-refractivity contribution in [3.63, 3.8) is 0 Å². The van der Waals surface area contributed by atoms with Gasteiger partial charge in [0, 0.05) is 4.88 Å². The van der Waals surface area contributed by atoms with E-state index in [2.05, 4.69) is 5.32 Å². The van der Waals surface area contributed by atoms with Crippen LogP contribution in [-0.2, 0) is 4.79 Å². The molecule has 0 saturated carbocycles. The summed E-state index contributed by atoms with van der Waals surface area (Å²) in [5.41, 5.74) is 0. The van der Waals surface area contributed by atoms with Crippen molar-refractivity contribution in [2.75, 3.05) is 0 Å². The molecule has 1 atom stereocenters. The van der Waals surface area contributed by atoms with Gasteiger partial charge in [-0.15, -0.1) is 22.7 Å². The minimum Gasteiger partial charge on any atom is -0.479 e. The highest BCUT2D eigenvalue weighted by Crippen LogP contribution is 2.23. The molecule has 0 aliphatic heterocycles. The van der Waals surface area contributed by atoms with Gasteiger partial charge in [-0.3, -0.25) is 4.79 Å². The van der Waals surface area contributed by atoms with Gasteiger partial charge in [0.15, 0.2) is 6.04 Å². The van der Waals surface area contributed by atoms with E-state index in [1.807, 2.05) is 0 Å². The molecule has 0 saturated heterocycles. The molecule has 7 heteroatoms. The van der Waals surface area contributed by atoms with Gasteiger partial charge in [-0.25, -0.2) is 4.79 Å². The van der Waals surface area contributed by atoms with Crippen LogP contribution in [-0.4, -0.2) is 17.0 Å². The van der Waals surface area contributed by atoms with Crippen LogP contribution in [0.3, 0.4) is 0 Å². The summed E-state index contributed by atoms with van der Waals surface area (Å²) in [6.07, 6.45) is 0. The molecule has 0 radical (unpaired) electrons. The predicted molar refractivity (Wildman–Crippen MR) is 71.5 cm³/mol. The average molecular weight is 302 g/mol. The number of aliphatic carboxylic acids is 1. The van der Waals surface area contributed by atoms with Crippen molar-refractivity contribution in [3.8, 4) is 0 Å². The fraction of sp³-hybridized carbons (Fsp3) is 0.0909. The number of nitrogens with one attached hydrogen (secondary N) is 1. The lowest BCUT2D eigenvalue weighted by molar-refractivity contribution is -0.139. The zero-order valence-electron chi connectivity index (χ0n) is 8.92. The van der Waals surface area contributed by atoms with Crippen molar-refractivity contribution in [1.82, 2.24) is 5.32 Å². The molecule has 2 heterocycles. The van der Waals surface area contributed by atoms with Crippen molar-refractivity contribution >= 4 is 46.2 Å². The Hall–Kier alpha value is -1.37. The Kier molecular flexibility index (Phi) is 4.00. The van der Waals surface area contributed by atoms with Gasteiger partial charge in [0.05, 0.1) is 9.21 Å². The van der Waals surface area contributed by atoms with Crippen LogP contribution < -0.4 is 5.32 Å². The fourth-order valence-electron chi connectivity index (χ4n) is 1.35. The van der Waals surface area contributed by atoms with Gasteiger partial charge in [0.1, 0.15) is 0 Å². The standard InChI is InChI=1S/C11H8ClNO3S2/c12-8-4-3-7(18-8)10(14)13-9(11(15)16)6-2-1-5-17-6/h1-5,9H,(H,13,14)(H,15,16). The molecule has 0 fully saturated rings. The number of halogens is 1. The van der Waals surface area contributed by atoms with E-state index in [9.17, 15) is 9.59 Å². The number of carbonyl (C=O) groups is 2. The lowest BCUT2D eigenvalue weighted by atomic mass is 10.2. The molecule has 94 valence electrons. The number of carboxylic acid groups (broad SMARTS) is 1. The molecule has 2 rings (SSSR count). The summed E-state index contributed by atoms with van der Waals surface area (Å²) in [5.74, 6) is -1.53. The van der Waals surface area contributed by atoms with Crippen LogP contribution >= 0.6 is 34.3 Å². The van der Waals surface area contributed by atoms with E-state index in [0.717, 1.165) is 11.3 Å². The monoisotopic (exact) mass is 301 g/mol. The first-order chi connectivity index (χ1) is 8.58. The largest absolute Gasteiger partial charge is 0.479 e. The third-order valence-corrected chi connectivity index (χ3v) is 4.31. The van der Waals surface area contributed by atoms with E-state index in [1.165, 1.54) is 11.3 Å². The zero-order valence-corrected chi connectivity index (χ0v) is 11.3. The van der Waals surface area contributed by atoms with Crippen LogP contribution in [0.1, 0.15) is 20.6 Å². The molecule has 2 N–H and O–H groups in total. The van der Waals surface area contributed by atoms with Gasteiger partial charge >= 0.3 is 5.97 Å². The highest BCUT2D eigenvalue weighted by molar-refractivity contribution is 7.18.